The van der Waals surface area contributed by atoms with E-state index in [1.165, 1.54) is 17.0 Å². The molecule has 0 aliphatic carbocycles. The predicted octanol–water partition coefficient (Wildman–Crippen LogP) is 5.12. The van der Waals surface area contributed by atoms with Crippen molar-refractivity contribution in [3.8, 4) is 11.5 Å². The van der Waals surface area contributed by atoms with Crippen LogP contribution in [-0.4, -0.2) is 54.5 Å². The summed E-state index contributed by atoms with van der Waals surface area (Å²) in [6, 6.07) is 13.5. The molecule has 0 heterocycles. The summed E-state index contributed by atoms with van der Waals surface area (Å²) in [5.74, 6) is 0.0238. The molecule has 11 heteroatoms. The van der Waals surface area contributed by atoms with Crippen molar-refractivity contribution in [2.45, 2.75) is 37.8 Å². The van der Waals surface area contributed by atoms with Gasteiger partial charge >= 0.3 is 18.7 Å². The summed E-state index contributed by atoms with van der Waals surface area (Å²) in [7, 11) is 0. The highest BCUT2D eigenvalue weighted by atomic mass is 19.4. The third-order valence-corrected chi connectivity index (χ3v) is 4.25. The molecule has 0 saturated heterocycles. The smallest absolute Gasteiger partial charge is 0.461 e. The van der Waals surface area contributed by atoms with Crippen LogP contribution in [0.5, 0.6) is 11.5 Å². The lowest BCUT2D eigenvalue weighted by Crippen LogP contribution is -2.41. The van der Waals surface area contributed by atoms with E-state index in [9.17, 15) is 35.8 Å². The standard InChI is InChI=1S/C21H22F7NO3/c22-19(23)21(27,28)32-17-9-4-6-15(12-17)13-29(14-18(30)20(24,25)26)10-5-11-31-16-7-2-1-3-8-16/h1-4,6-9,12,18-19,30H,5,10-11,13-14H2. The van der Waals surface area contributed by atoms with Crippen LogP contribution >= 0.6 is 0 Å². The molecule has 0 aromatic heterocycles. The fraction of sp³-hybridized carbons (Fsp3) is 0.429. The molecule has 1 N–H and O–H groups in total. The minimum Gasteiger partial charge on any atom is -0.494 e. The number of aliphatic hydroxyl groups excluding tert-OH is 1. The first-order valence-electron chi connectivity index (χ1n) is 9.56. The van der Waals surface area contributed by atoms with Crippen LogP contribution in [0.2, 0.25) is 0 Å². The summed E-state index contributed by atoms with van der Waals surface area (Å²) in [4.78, 5) is 1.26. The van der Waals surface area contributed by atoms with Crippen molar-refractivity contribution in [1.82, 2.24) is 4.90 Å². The highest BCUT2D eigenvalue weighted by Crippen LogP contribution is 2.28. The second-order valence-electron chi connectivity index (χ2n) is 6.92. The number of hydrogen-bond acceptors (Lipinski definition) is 4. The Kier molecular flexibility index (Phi) is 9.14. The van der Waals surface area contributed by atoms with E-state index >= 15 is 0 Å². The molecule has 0 radical (unpaired) electrons. The lowest BCUT2D eigenvalue weighted by Gasteiger charge is -2.26. The Morgan fingerprint density at radius 2 is 1.56 bits per heavy atom. The quantitative estimate of drug-likeness (QED) is 0.346. The Hall–Kier alpha value is -2.53. The van der Waals surface area contributed by atoms with Gasteiger partial charge in [-0.2, -0.15) is 30.7 Å². The Morgan fingerprint density at radius 3 is 2.19 bits per heavy atom. The number of benzene rings is 2. The lowest BCUT2D eigenvalue weighted by molar-refractivity contribution is -0.253. The number of para-hydroxylation sites is 1. The highest BCUT2D eigenvalue weighted by molar-refractivity contribution is 5.29. The van der Waals surface area contributed by atoms with Crippen molar-refractivity contribution in [2.75, 3.05) is 19.7 Å². The maximum Gasteiger partial charge on any atom is 0.461 e. The van der Waals surface area contributed by atoms with Crippen molar-refractivity contribution >= 4 is 0 Å². The molecule has 4 nitrogen and oxygen atoms in total. The molecule has 178 valence electrons. The average molecular weight is 469 g/mol. The van der Waals surface area contributed by atoms with Gasteiger partial charge in [0.2, 0.25) is 0 Å². The maximum atomic E-state index is 13.1. The van der Waals surface area contributed by atoms with E-state index in [2.05, 4.69) is 4.74 Å². The van der Waals surface area contributed by atoms with Gasteiger partial charge in [-0.05, 0) is 36.2 Å². The van der Waals surface area contributed by atoms with Crippen LogP contribution in [0.4, 0.5) is 30.7 Å². The Morgan fingerprint density at radius 1 is 0.906 bits per heavy atom. The topological polar surface area (TPSA) is 41.9 Å². The van der Waals surface area contributed by atoms with E-state index in [1.807, 2.05) is 0 Å². The second kappa shape index (κ2) is 11.4. The zero-order chi connectivity index (χ0) is 23.8. The zero-order valence-electron chi connectivity index (χ0n) is 16.7. The molecule has 32 heavy (non-hydrogen) atoms. The van der Waals surface area contributed by atoms with Crippen LogP contribution < -0.4 is 9.47 Å². The van der Waals surface area contributed by atoms with Gasteiger partial charge in [0, 0.05) is 19.6 Å². The van der Waals surface area contributed by atoms with Crippen LogP contribution in [0.15, 0.2) is 54.6 Å². The van der Waals surface area contributed by atoms with Gasteiger partial charge in [-0.1, -0.05) is 30.3 Å². The summed E-state index contributed by atoms with van der Waals surface area (Å²) in [6.07, 6.45) is -15.9. The van der Waals surface area contributed by atoms with Crippen LogP contribution in [0.3, 0.4) is 0 Å². The van der Waals surface area contributed by atoms with Crippen molar-refractivity contribution in [2.24, 2.45) is 0 Å². The van der Waals surface area contributed by atoms with E-state index < -0.39 is 37.1 Å². The lowest BCUT2D eigenvalue weighted by atomic mass is 10.2. The largest absolute Gasteiger partial charge is 0.494 e. The summed E-state index contributed by atoms with van der Waals surface area (Å²) in [6.45, 7) is -0.673. The van der Waals surface area contributed by atoms with E-state index in [1.54, 1.807) is 30.3 Å². The van der Waals surface area contributed by atoms with Crippen molar-refractivity contribution in [3.63, 3.8) is 0 Å². The van der Waals surface area contributed by atoms with Gasteiger partial charge in [-0.25, -0.2) is 0 Å². The minimum absolute atomic E-state index is 0.0816. The van der Waals surface area contributed by atoms with E-state index in [4.69, 9.17) is 4.74 Å². The molecule has 1 atom stereocenters. The normalized spacial score (nSPS) is 13.4. The number of nitrogens with zero attached hydrogens (tertiary/aromatic N) is 1. The number of ether oxygens (including phenoxy) is 2. The Balaban J connectivity index is 2.02. The van der Waals surface area contributed by atoms with Gasteiger partial charge in [0.25, 0.3) is 0 Å². The number of aliphatic hydroxyl groups is 1. The third-order valence-electron chi connectivity index (χ3n) is 4.25. The number of halogens is 7. The predicted molar refractivity (Wildman–Crippen MR) is 102 cm³/mol. The van der Waals surface area contributed by atoms with Gasteiger partial charge in [0.15, 0.2) is 6.10 Å². The van der Waals surface area contributed by atoms with Gasteiger partial charge in [-0.15, -0.1) is 0 Å². The van der Waals surface area contributed by atoms with Gasteiger partial charge < -0.3 is 14.6 Å². The second-order valence-corrected chi connectivity index (χ2v) is 6.92. The van der Waals surface area contributed by atoms with Crippen molar-refractivity contribution in [1.29, 1.82) is 0 Å². The molecule has 0 bridgehead atoms. The number of rotatable bonds is 12. The molecular weight excluding hydrogens is 447 g/mol. The SMILES string of the molecule is OC(CN(CCCOc1ccccc1)Cc1cccc(OC(F)(F)C(F)F)c1)C(F)(F)F. The molecule has 0 spiro atoms. The first-order valence-corrected chi connectivity index (χ1v) is 9.56. The molecule has 0 saturated carbocycles. The summed E-state index contributed by atoms with van der Waals surface area (Å²) < 4.78 is 98.8. The zero-order valence-corrected chi connectivity index (χ0v) is 16.7. The van der Waals surface area contributed by atoms with E-state index in [-0.39, 0.29) is 25.3 Å². The molecule has 2 aromatic carbocycles. The molecule has 0 aliphatic rings. The number of alkyl halides is 7. The van der Waals surface area contributed by atoms with Crippen LogP contribution in [0, 0.1) is 0 Å². The van der Waals surface area contributed by atoms with Crippen LogP contribution in [0.25, 0.3) is 0 Å². The van der Waals surface area contributed by atoms with Gasteiger partial charge in [0.05, 0.1) is 6.61 Å². The molecule has 0 aliphatic heterocycles. The maximum absolute atomic E-state index is 13.1. The molecule has 2 rings (SSSR count). The first kappa shape index (κ1) is 25.7. The summed E-state index contributed by atoms with van der Waals surface area (Å²) >= 11 is 0. The highest BCUT2D eigenvalue weighted by Gasteiger charge is 2.44. The Bertz CT molecular complexity index is 819. The summed E-state index contributed by atoms with van der Waals surface area (Å²) in [5.41, 5.74) is 0.242. The fourth-order valence-electron chi connectivity index (χ4n) is 2.75. The van der Waals surface area contributed by atoms with Gasteiger partial charge in [-0.3, -0.25) is 4.90 Å². The van der Waals surface area contributed by atoms with Crippen LogP contribution in [-0.2, 0) is 6.54 Å². The van der Waals surface area contributed by atoms with E-state index in [0.717, 1.165) is 12.1 Å². The molecule has 0 fully saturated rings. The monoisotopic (exact) mass is 469 g/mol. The third kappa shape index (κ3) is 8.54. The summed E-state index contributed by atoms with van der Waals surface area (Å²) in [5, 5.41) is 9.43. The number of hydrogen-bond donors (Lipinski definition) is 1. The van der Waals surface area contributed by atoms with Crippen LogP contribution in [0.1, 0.15) is 12.0 Å². The average Bonchev–Trinajstić information content (AvgIpc) is 2.71. The molecule has 1 unspecified atom stereocenters. The molecule has 2 aromatic rings. The van der Waals surface area contributed by atoms with E-state index in [0.29, 0.717) is 12.2 Å². The Labute approximate surface area is 180 Å². The first-order chi connectivity index (χ1) is 15.0. The fourth-order valence-corrected chi connectivity index (χ4v) is 2.75. The minimum atomic E-state index is -4.84. The van der Waals surface area contributed by atoms with Gasteiger partial charge in [0.1, 0.15) is 11.5 Å². The van der Waals surface area contributed by atoms with Crippen molar-refractivity contribution < 1.29 is 45.3 Å². The molecule has 0 amide bonds. The van der Waals surface area contributed by atoms with Crippen molar-refractivity contribution in [3.05, 3.63) is 60.2 Å². The molecular formula is C21H22F7NO3.